The van der Waals surface area contributed by atoms with E-state index in [2.05, 4.69) is 50.4 Å². The quantitative estimate of drug-likeness (QED) is 0.0212. The zero-order valence-electron chi connectivity index (χ0n) is 52.6. The summed E-state index contributed by atoms with van der Waals surface area (Å²) in [5, 5.41) is 3.04. The van der Waals surface area contributed by atoms with Crippen LogP contribution >= 0.6 is 7.82 Å². The average Bonchev–Trinajstić information content (AvgIpc) is 3.40. The van der Waals surface area contributed by atoms with Gasteiger partial charge in [-0.1, -0.05) is 295 Å². The zero-order valence-corrected chi connectivity index (χ0v) is 53.5. The fourth-order valence-electron chi connectivity index (χ4n) is 10.1. The molecule has 0 aliphatic carbocycles. The smallest absolute Gasteiger partial charge is 0.306 e. The van der Waals surface area contributed by atoms with Gasteiger partial charge in [-0.05, 0) is 63.9 Å². The van der Waals surface area contributed by atoms with Gasteiger partial charge in [0.05, 0.1) is 33.8 Å². The molecule has 78 heavy (non-hydrogen) atoms. The van der Waals surface area contributed by atoms with Gasteiger partial charge in [0.1, 0.15) is 19.3 Å². The summed E-state index contributed by atoms with van der Waals surface area (Å²) in [6.45, 7) is 6.87. The van der Waals surface area contributed by atoms with Crippen LogP contribution in [-0.4, -0.2) is 69.4 Å². The number of unbranched alkanes of at least 4 members (excludes halogenated alkanes) is 42. The van der Waals surface area contributed by atoms with Crippen LogP contribution in [-0.2, 0) is 27.9 Å². The molecule has 0 aromatic rings. The number of amides is 1. The number of phosphoric acid groups is 1. The highest BCUT2D eigenvalue weighted by atomic mass is 31.2. The molecule has 9 nitrogen and oxygen atoms in total. The van der Waals surface area contributed by atoms with Crippen molar-refractivity contribution >= 4 is 19.7 Å². The van der Waals surface area contributed by atoms with E-state index < -0.39 is 20.0 Å². The number of hydrogen-bond donors (Lipinski definition) is 1. The van der Waals surface area contributed by atoms with Crippen molar-refractivity contribution < 1.29 is 37.3 Å². The van der Waals surface area contributed by atoms with Gasteiger partial charge in [0.15, 0.2) is 0 Å². The van der Waals surface area contributed by atoms with Crippen molar-refractivity contribution in [3.8, 4) is 0 Å². The number of hydrogen-bond acceptors (Lipinski definition) is 7. The summed E-state index contributed by atoms with van der Waals surface area (Å²) in [5.41, 5.74) is 0. The van der Waals surface area contributed by atoms with Crippen LogP contribution in [0.25, 0.3) is 0 Å². The second-order valence-corrected chi connectivity index (χ2v) is 25.7. The number of carbonyl (C=O) groups is 2. The molecule has 0 aromatic carbocycles. The molecule has 0 rings (SSSR count). The Bertz CT molecular complexity index is 1430. The third-order valence-corrected chi connectivity index (χ3v) is 16.3. The van der Waals surface area contributed by atoms with Crippen LogP contribution < -0.4 is 10.2 Å². The van der Waals surface area contributed by atoms with Crippen molar-refractivity contribution in [1.29, 1.82) is 0 Å². The predicted molar refractivity (Wildman–Crippen MR) is 335 cm³/mol. The Balaban J connectivity index is 5.13. The molecule has 460 valence electrons. The summed E-state index contributed by atoms with van der Waals surface area (Å²) in [4.78, 5) is 40.1. The molecule has 0 spiro atoms. The van der Waals surface area contributed by atoms with Crippen molar-refractivity contribution in [1.82, 2.24) is 5.32 Å². The van der Waals surface area contributed by atoms with Crippen molar-refractivity contribution in [3.63, 3.8) is 0 Å². The van der Waals surface area contributed by atoms with E-state index in [4.69, 9.17) is 13.8 Å². The summed E-state index contributed by atoms with van der Waals surface area (Å²) in [7, 11) is 1.20. The Morgan fingerprint density at radius 1 is 0.449 bits per heavy atom. The number of nitrogens with zero attached hydrogens (tertiary/aromatic N) is 1. The number of likely N-dealkylation sites (N-methyl/N-ethyl adjacent to an activating group) is 1. The van der Waals surface area contributed by atoms with Crippen molar-refractivity contribution in [2.24, 2.45) is 0 Å². The Morgan fingerprint density at radius 2 is 0.782 bits per heavy atom. The van der Waals surface area contributed by atoms with Crippen LogP contribution in [0, 0.1) is 0 Å². The summed E-state index contributed by atoms with van der Waals surface area (Å²) < 4.78 is 30.4. The number of carbonyl (C=O) groups excluding carboxylic acids is 2. The van der Waals surface area contributed by atoms with Gasteiger partial charge in [-0.25, -0.2) is 0 Å². The number of nitrogens with one attached hydrogen (secondary N) is 1. The molecule has 0 bridgehead atoms. The Hall–Kier alpha value is -1.77. The van der Waals surface area contributed by atoms with Crippen molar-refractivity contribution in [2.75, 3.05) is 40.9 Å². The van der Waals surface area contributed by atoms with Crippen molar-refractivity contribution in [3.05, 3.63) is 36.5 Å². The van der Waals surface area contributed by atoms with Gasteiger partial charge in [-0.15, -0.1) is 0 Å². The van der Waals surface area contributed by atoms with Gasteiger partial charge >= 0.3 is 5.97 Å². The minimum Gasteiger partial charge on any atom is -0.756 e. The fraction of sp³-hybridized carbons (Fsp3) is 0.882. The third-order valence-electron chi connectivity index (χ3n) is 15.3. The lowest BCUT2D eigenvalue weighted by molar-refractivity contribution is -0.870. The summed E-state index contributed by atoms with van der Waals surface area (Å²) in [6.07, 6.45) is 71.1. The van der Waals surface area contributed by atoms with E-state index in [0.29, 0.717) is 17.4 Å². The highest BCUT2D eigenvalue weighted by Crippen LogP contribution is 2.38. The van der Waals surface area contributed by atoms with Crippen LogP contribution in [0.1, 0.15) is 335 Å². The first-order valence-corrected chi connectivity index (χ1v) is 35.3. The van der Waals surface area contributed by atoms with Gasteiger partial charge in [0.2, 0.25) is 5.91 Å². The number of quaternary nitrogens is 1. The third kappa shape index (κ3) is 58.9. The minimum atomic E-state index is -4.70. The molecule has 0 aliphatic heterocycles. The minimum absolute atomic E-state index is 0.0197. The lowest BCUT2D eigenvalue weighted by Gasteiger charge is -2.30. The van der Waals surface area contributed by atoms with Crippen molar-refractivity contribution in [2.45, 2.75) is 348 Å². The molecule has 1 N–H and O–H groups in total. The molecule has 0 saturated heterocycles. The van der Waals surface area contributed by atoms with E-state index >= 15 is 0 Å². The monoisotopic (exact) mass is 1120 g/mol. The maximum atomic E-state index is 13.6. The number of ether oxygens (including phenoxy) is 1. The summed E-state index contributed by atoms with van der Waals surface area (Å²) in [5.74, 6) is -0.525. The van der Waals surface area contributed by atoms with Gasteiger partial charge in [-0.3, -0.25) is 14.2 Å². The largest absolute Gasteiger partial charge is 0.756 e. The summed E-state index contributed by atoms with van der Waals surface area (Å²) in [6, 6.07) is -0.885. The lowest BCUT2D eigenvalue weighted by atomic mass is 10.0. The molecule has 1 amide bonds. The van der Waals surface area contributed by atoms with Gasteiger partial charge in [0, 0.05) is 12.8 Å². The zero-order chi connectivity index (χ0) is 57.2. The molecule has 0 heterocycles. The SMILES string of the molecule is CCCCC/C=C\C/C=C\CCCCCCCCCCCCCC(=O)OC(/C=C/CCCCCCCCCCCC)C(COP(=O)([O-])OCC[N+](C)(C)C)NC(=O)CCCCCCCCCCCCCCCCCCCCC. The van der Waals surface area contributed by atoms with E-state index in [9.17, 15) is 19.0 Å². The van der Waals surface area contributed by atoms with Crippen LogP contribution in [0.2, 0.25) is 0 Å². The topological polar surface area (TPSA) is 114 Å². The second kappa shape index (κ2) is 58.4. The van der Waals surface area contributed by atoms with E-state index in [1.807, 2.05) is 33.3 Å². The first kappa shape index (κ1) is 76.2. The van der Waals surface area contributed by atoms with E-state index in [0.717, 1.165) is 64.2 Å². The molecule has 0 saturated carbocycles. The van der Waals surface area contributed by atoms with Gasteiger partial charge < -0.3 is 28.5 Å². The van der Waals surface area contributed by atoms with Gasteiger partial charge in [0.25, 0.3) is 7.82 Å². The fourth-order valence-corrected chi connectivity index (χ4v) is 10.8. The number of rotatable bonds is 62. The number of allylic oxidation sites excluding steroid dienone is 5. The van der Waals surface area contributed by atoms with Crippen LogP contribution in [0.3, 0.4) is 0 Å². The molecule has 10 heteroatoms. The molecule has 3 unspecified atom stereocenters. The predicted octanol–water partition coefficient (Wildman–Crippen LogP) is 20.4. The second-order valence-electron chi connectivity index (χ2n) is 24.3. The van der Waals surface area contributed by atoms with Crippen LogP contribution in [0.4, 0.5) is 0 Å². The van der Waals surface area contributed by atoms with E-state index in [1.54, 1.807) is 0 Å². The maximum Gasteiger partial charge on any atom is 0.306 e. The molecular formula is C68H131N2O7P. The van der Waals surface area contributed by atoms with Crippen LogP contribution in [0.15, 0.2) is 36.5 Å². The lowest BCUT2D eigenvalue weighted by Crippen LogP contribution is -2.47. The van der Waals surface area contributed by atoms with Gasteiger partial charge in [-0.2, -0.15) is 0 Å². The number of esters is 1. The maximum absolute atomic E-state index is 13.6. The van der Waals surface area contributed by atoms with Crippen LogP contribution in [0.5, 0.6) is 0 Å². The molecule has 3 atom stereocenters. The first-order valence-electron chi connectivity index (χ1n) is 33.8. The number of phosphoric ester groups is 1. The molecular weight excluding hydrogens is 988 g/mol. The molecule has 0 fully saturated rings. The molecule has 0 radical (unpaired) electrons. The Morgan fingerprint density at radius 3 is 1.18 bits per heavy atom. The Labute approximate surface area is 485 Å². The molecule has 0 aliphatic rings. The van der Waals surface area contributed by atoms with E-state index in [1.165, 1.54) is 238 Å². The first-order chi connectivity index (χ1) is 37.9. The summed E-state index contributed by atoms with van der Waals surface area (Å²) >= 11 is 0. The normalized spacial score (nSPS) is 13.8. The molecule has 0 aromatic heterocycles. The highest BCUT2D eigenvalue weighted by Gasteiger charge is 2.27. The standard InChI is InChI=1S/C68H131N2O7P/c1-7-10-13-16-19-22-25-28-30-32-34-35-37-39-41-43-46-49-52-55-58-61-68(72)77-66(59-56-53-50-47-44-27-24-21-18-15-12-9-3)65(64-76-78(73,74)75-63-62-70(4,5)6)69-67(71)60-57-54-51-48-45-42-40-38-36-33-31-29-26-23-20-17-14-11-8-2/h19,22,28,30,56,59,65-66H,7-18,20-21,23-27,29,31-55,57-58,60-64H2,1-6H3,(H-,69,71,73,74)/b22-19-,30-28-,59-56+. The highest BCUT2D eigenvalue weighted by molar-refractivity contribution is 7.45. The Kier molecular flexibility index (Phi) is 57.1. The average molecular weight is 1120 g/mol. The van der Waals surface area contributed by atoms with E-state index in [-0.39, 0.29) is 31.5 Å².